The summed E-state index contributed by atoms with van der Waals surface area (Å²) in [6.45, 7) is 0. The maximum Gasteiger partial charge on any atom is 0.154 e. The molecule has 1 aromatic carbocycles. The van der Waals surface area contributed by atoms with Crippen LogP contribution in [0.25, 0.3) is 11.1 Å². The Labute approximate surface area is 90.7 Å². The fourth-order valence-corrected chi connectivity index (χ4v) is 1.38. The van der Waals surface area contributed by atoms with Crippen molar-refractivity contribution in [2.75, 3.05) is 5.73 Å². The molecule has 0 spiro atoms. The highest BCUT2D eigenvalue weighted by Crippen LogP contribution is 2.25. The van der Waals surface area contributed by atoms with Crippen molar-refractivity contribution in [3.05, 3.63) is 41.3 Å². The topological polar surface area (TPSA) is 51.8 Å². The lowest BCUT2D eigenvalue weighted by molar-refractivity contribution is 0.628. The van der Waals surface area contributed by atoms with Crippen molar-refractivity contribution in [2.24, 2.45) is 0 Å². The van der Waals surface area contributed by atoms with Crippen LogP contribution in [-0.4, -0.2) is 10.2 Å². The normalized spacial score (nSPS) is 10.3. The molecule has 0 radical (unpaired) electrons. The molecule has 0 aliphatic rings. The van der Waals surface area contributed by atoms with Gasteiger partial charge in [0.1, 0.15) is 5.82 Å². The first kappa shape index (κ1) is 9.86. The summed E-state index contributed by atoms with van der Waals surface area (Å²) >= 11 is 5.69. The third-order valence-electron chi connectivity index (χ3n) is 1.95. The Bertz CT molecular complexity index is 485. The summed E-state index contributed by atoms with van der Waals surface area (Å²) in [4.78, 5) is 0. The number of nitrogens with two attached hydrogens (primary N) is 1. The van der Waals surface area contributed by atoms with E-state index in [0.29, 0.717) is 5.56 Å². The van der Waals surface area contributed by atoms with Gasteiger partial charge in [0.05, 0.1) is 0 Å². The van der Waals surface area contributed by atoms with E-state index in [1.165, 1.54) is 12.1 Å². The molecule has 2 N–H and O–H groups in total. The van der Waals surface area contributed by atoms with Crippen LogP contribution in [0.1, 0.15) is 0 Å². The lowest BCUT2D eigenvalue weighted by Crippen LogP contribution is -1.96. The van der Waals surface area contributed by atoms with Crippen molar-refractivity contribution in [3.8, 4) is 11.1 Å². The van der Waals surface area contributed by atoms with E-state index in [-0.39, 0.29) is 16.8 Å². The first-order valence-corrected chi connectivity index (χ1v) is 4.59. The van der Waals surface area contributed by atoms with Crippen molar-refractivity contribution >= 4 is 17.4 Å². The number of anilines is 1. The van der Waals surface area contributed by atoms with Crippen LogP contribution in [0.2, 0.25) is 5.15 Å². The fraction of sp³-hybridized carbons (Fsp3) is 0. The molecule has 0 unspecified atom stereocenters. The summed E-state index contributed by atoms with van der Waals surface area (Å²) in [5.41, 5.74) is 7.04. The summed E-state index contributed by atoms with van der Waals surface area (Å²) in [5, 5.41) is 7.53. The maximum absolute atomic E-state index is 12.7. The molecular formula is C10H7ClFN3. The van der Waals surface area contributed by atoms with Crippen LogP contribution in [0.15, 0.2) is 30.3 Å². The zero-order valence-electron chi connectivity index (χ0n) is 7.61. The van der Waals surface area contributed by atoms with Gasteiger partial charge >= 0.3 is 0 Å². The largest absolute Gasteiger partial charge is 0.382 e. The van der Waals surface area contributed by atoms with E-state index in [1.807, 2.05) is 0 Å². The van der Waals surface area contributed by atoms with Crippen LogP contribution in [0.3, 0.4) is 0 Å². The van der Waals surface area contributed by atoms with Crippen molar-refractivity contribution in [1.29, 1.82) is 0 Å². The van der Waals surface area contributed by atoms with E-state index < -0.39 is 0 Å². The smallest absolute Gasteiger partial charge is 0.154 e. The van der Waals surface area contributed by atoms with Crippen LogP contribution < -0.4 is 5.73 Å². The van der Waals surface area contributed by atoms with E-state index >= 15 is 0 Å². The number of nitrogen functional groups attached to an aromatic ring is 1. The van der Waals surface area contributed by atoms with Gasteiger partial charge in [-0.15, -0.1) is 10.2 Å². The van der Waals surface area contributed by atoms with E-state index in [1.54, 1.807) is 18.2 Å². The van der Waals surface area contributed by atoms with Gasteiger partial charge in [0.15, 0.2) is 11.0 Å². The molecule has 1 heterocycles. The number of hydrogen-bond donors (Lipinski definition) is 1. The maximum atomic E-state index is 12.7. The molecule has 0 fully saturated rings. The van der Waals surface area contributed by atoms with Gasteiger partial charge in [0.25, 0.3) is 0 Å². The number of benzene rings is 1. The monoisotopic (exact) mass is 223 g/mol. The van der Waals surface area contributed by atoms with Crippen molar-refractivity contribution < 1.29 is 4.39 Å². The molecule has 15 heavy (non-hydrogen) atoms. The minimum atomic E-state index is -0.301. The minimum Gasteiger partial charge on any atom is -0.382 e. The highest BCUT2D eigenvalue weighted by molar-refractivity contribution is 6.29. The second kappa shape index (κ2) is 3.82. The molecule has 0 aliphatic carbocycles. The number of aromatic nitrogens is 2. The molecule has 3 nitrogen and oxygen atoms in total. The Morgan fingerprint density at radius 3 is 2.47 bits per heavy atom. The molecule has 2 rings (SSSR count). The average molecular weight is 224 g/mol. The highest BCUT2D eigenvalue weighted by atomic mass is 35.5. The Kier molecular flexibility index (Phi) is 2.51. The van der Waals surface area contributed by atoms with E-state index in [9.17, 15) is 4.39 Å². The van der Waals surface area contributed by atoms with Crippen molar-refractivity contribution in [1.82, 2.24) is 10.2 Å². The highest BCUT2D eigenvalue weighted by Gasteiger charge is 2.05. The predicted octanol–water partition coefficient (Wildman–Crippen LogP) is 2.52. The van der Waals surface area contributed by atoms with E-state index in [0.717, 1.165) is 5.56 Å². The number of hydrogen-bond acceptors (Lipinski definition) is 3. The molecule has 0 atom stereocenters. The predicted molar refractivity (Wildman–Crippen MR) is 56.8 cm³/mol. The zero-order valence-corrected chi connectivity index (χ0v) is 8.37. The summed E-state index contributed by atoms with van der Waals surface area (Å²) in [7, 11) is 0. The summed E-state index contributed by atoms with van der Waals surface area (Å²) in [6.07, 6.45) is 0. The van der Waals surface area contributed by atoms with Crippen LogP contribution in [0, 0.1) is 5.82 Å². The third-order valence-corrected chi connectivity index (χ3v) is 2.13. The number of rotatable bonds is 1. The molecule has 1 aromatic heterocycles. The Morgan fingerprint density at radius 1 is 1.13 bits per heavy atom. The van der Waals surface area contributed by atoms with Crippen molar-refractivity contribution in [2.45, 2.75) is 0 Å². The van der Waals surface area contributed by atoms with Gasteiger partial charge in [-0.3, -0.25) is 0 Å². The van der Waals surface area contributed by atoms with Crippen LogP contribution >= 0.6 is 11.6 Å². The first-order chi connectivity index (χ1) is 7.16. The molecule has 76 valence electrons. The Hall–Kier alpha value is -1.68. The van der Waals surface area contributed by atoms with E-state index in [4.69, 9.17) is 17.3 Å². The molecule has 0 amide bonds. The van der Waals surface area contributed by atoms with Crippen LogP contribution in [0.4, 0.5) is 10.2 Å². The molecule has 5 heteroatoms. The second-order valence-corrected chi connectivity index (χ2v) is 3.36. The van der Waals surface area contributed by atoms with Crippen molar-refractivity contribution in [3.63, 3.8) is 0 Å². The third kappa shape index (κ3) is 2.05. The quantitative estimate of drug-likeness (QED) is 0.808. The molecular weight excluding hydrogens is 217 g/mol. The van der Waals surface area contributed by atoms with Gasteiger partial charge in [0, 0.05) is 5.56 Å². The standard InChI is InChI=1S/C10H7ClFN3/c11-9-5-8(10(13)15-14-9)6-1-3-7(12)4-2-6/h1-5H,(H2,13,15). The second-order valence-electron chi connectivity index (χ2n) is 2.97. The zero-order chi connectivity index (χ0) is 10.8. The molecule has 0 saturated carbocycles. The van der Waals surface area contributed by atoms with Gasteiger partial charge in [-0.1, -0.05) is 23.7 Å². The first-order valence-electron chi connectivity index (χ1n) is 4.21. The van der Waals surface area contributed by atoms with Gasteiger partial charge in [-0.2, -0.15) is 0 Å². The summed E-state index contributed by atoms with van der Waals surface area (Å²) < 4.78 is 12.7. The average Bonchev–Trinajstić information content (AvgIpc) is 2.23. The molecule has 0 saturated heterocycles. The van der Waals surface area contributed by atoms with Crippen LogP contribution in [-0.2, 0) is 0 Å². The van der Waals surface area contributed by atoms with Gasteiger partial charge in [0.2, 0.25) is 0 Å². The fourth-order valence-electron chi connectivity index (χ4n) is 1.24. The van der Waals surface area contributed by atoms with E-state index in [2.05, 4.69) is 10.2 Å². The molecule has 2 aromatic rings. The molecule has 0 aliphatic heterocycles. The molecule has 0 bridgehead atoms. The summed E-state index contributed by atoms with van der Waals surface area (Å²) in [6, 6.07) is 7.52. The van der Waals surface area contributed by atoms with Crippen LogP contribution in [0.5, 0.6) is 0 Å². The Morgan fingerprint density at radius 2 is 1.80 bits per heavy atom. The number of halogens is 2. The SMILES string of the molecule is Nc1nnc(Cl)cc1-c1ccc(F)cc1. The number of nitrogens with zero attached hydrogens (tertiary/aromatic N) is 2. The van der Waals surface area contributed by atoms with Gasteiger partial charge < -0.3 is 5.73 Å². The van der Waals surface area contributed by atoms with Gasteiger partial charge in [-0.05, 0) is 23.8 Å². The lowest BCUT2D eigenvalue weighted by Gasteiger charge is -2.03. The van der Waals surface area contributed by atoms with Gasteiger partial charge in [-0.25, -0.2) is 4.39 Å². The lowest BCUT2D eigenvalue weighted by atomic mass is 10.1. The minimum absolute atomic E-state index is 0.253. The Balaban J connectivity index is 2.53. The summed E-state index contributed by atoms with van der Waals surface area (Å²) in [5.74, 6) is -0.0311.